The minimum absolute atomic E-state index is 0.240. The Morgan fingerprint density at radius 1 is 1.25 bits per heavy atom. The highest BCUT2D eigenvalue weighted by Crippen LogP contribution is 2.29. The number of carbonyl (C=O) groups is 1. The zero-order chi connectivity index (χ0) is 19.7. The summed E-state index contributed by atoms with van der Waals surface area (Å²) in [6.45, 7) is 2.23. The van der Waals surface area contributed by atoms with Crippen molar-refractivity contribution in [1.82, 2.24) is 14.5 Å². The first-order chi connectivity index (χ1) is 13.5. The molecule has 0 bridgehead atoms. The van der Waals surface area contributed by atoms with E-state index in [4.69, 9.17) is 4.74 Å². The summed E-state index contributed by atoms with van der Waals surface area (Å²) < 4.78 is 7.58. The Balaban J connectivity index is 1.60. The Bertz CT molecular complexity index is 1300. The van der Waals surface area contributed by atoms with Gasteiger partial charge in [0.15, 0.2) is 5.13 Å². The lowest BCUT2D eigenvalue weighted by molar-refractivity contribution is -0.116. The van der Waals surface area contributed by atoms with Gasteiger partial charge in [0.05, 0.1) is 27.7 Å². The first-order valence-electron chi connectivity index (χ1n) is 8.60. The van der Waals surface area contributed by atoms with Gasteiger partial charge in [0.1, 0.15) is 12.3 Å². The summed E-state index contributed by atoms with van der Waals surface area (Å²) in [5, 5.41) is 3.49. The number of hydrogen-bond donors (Lipinski definition) is 2. The van der Waals surface area contributed by atoms with Gasteiger partial charge >= 0.3 is 5.69 Å². The van der Waals surface area contributed by atoms with Crippen molar-refractivity contribution in [2.75, 3.05) is 11.9 Å². The number of nitrogens with zero attached hydrogens (tertiary/aromatic N) is 2. The lowest BCUT2D eigenvalue weighted by Gasteiger charge is -2.08. The number of nitrogens with one attached hydrogen (secondary N) is 2. The average molecular weight is 396 g/mol. The predicted octanol–water partition coefficient (Wildman–Crippen LogP) is 2.34. The molecule has 0 spiro atoms. The maximum absolute atomic E-state index is 12.5. The van der Waals surface area contributed by atoms with Gasteiger partial charge in [-0.05, 0) is 37.3 Å². The van der Waals surface area contributed by atoms with Crippen LogP contribution in [0.3, 0.4) is 0 Å². The number of ether oxygens (including phenoxy) is 1. The van der Waals surface area contributed by atoms with E-state index in [1.807, 2.05) is 25.1 Å². The zero-order valence-corrected chi connectivity index (χ0v) is 15.7. The quantitative estimate of drug-likeness (QED) is 0.539. The predicted molar refractivity (Wildman–Crippen MR) is 108 cm³/mol. The molecule has 0 aliphatic carbocycles. The van der Waals surface area contributed by atoms with E-state index in [0.717, 1.165) is 16.0 Å². The van der Waals surface area contributed by atoms with Crippen LogP contribution in [0.2, 0.25) is 0 Å². The monoisotopic (exact) mass is 396 g/mol. The van der Waals surface area contributed by atoms with Gasteiger partial charge in [-0.2, -0.15) is 0 Å². The van der Waals surface area contributed by atoms with Crippen molar-refractivity contribution >= 4 is 43.5 Å². The van der Waals surface area contributed by atoms with Gasteiger partial charge in [-0.15, -0.1) is 0 Å². The number of benzene rings is 2. The standard InChI is InChI=1S/C19H16N4O4S/c1-2-27-11-7-8-13-15(9-11)28-18(20-13)21-16(24)10-23-14-6-4-3-5-12(14)17(25)22-19(23)26/h3-9H,2,10H2,1H3,(H,20,21,24)(H,22,25,26). The molecule has 2 aromatic carbocycles. The topological polar surface area (TPSA) is 106 Å². The SMILES string of the molecule is CCOc1ccc2nc(NC(=O)Cn3c(=O)[nH]c(=O)c4ccccc43)sc2c1. The molecule has 0 radical (unpaired) electrons. The molecule has 4 rings (SSSR count). The fourth-order valence-corrected chi connectivity index (χ4v) is 3.83. The first kappa shape index (κ1) is 17.9. The van der Waals surface area contributed by atoms with Gasteiger partial charge in [0, 0.05) is 0 Å². The third-order valence-corrected chi connectivity index (χ3v) is 5.06. The van der Waals surface area contributed by atoms with Crippen molar-refractivity contribution in [3.8, 4) is 5.75 Å². The minimum Gasteiger partial charge on any atom is -0.494 e. The molecule has 1 amide bonds. The summed E-state index contributed by atoms with van der Waals surface area (Å²) in [5.74, 6) is 0.325. The normalized spacial score (nSPS) is 11.0. The number of aromatic amines is 1. The number of amides is 1. The summed E-state index contributed by atoms with van der Waals surface area (Å²) in [5.41, 5.74) is 0.0329. The van der Waals surface area contributed by atoms with Crippen LogP contribution in [0, 0.1) is 0 Å². The van der Waals surface area contributed by atoms with Crippen LogP contribution >= 0.6 is 11.3 Å². The third-order valence-electron chi connectivity index (χ3n) is 4.12. The van der Waals surface area contributed by atoms with E-state index in [1.165, 1.54) is 15.9 Å². The van der Waals surface area contributed by atoms with E-state index in [0.29, 0.717) is 22.6 Å². The molecule has 28 heavy (non-hydrogen) atoms. The molecule has 0 fully saturated rings. The molecular weight excluding hydrogens is 380 g/mol. The molecule has 4 aromatic rings. The van der Waals surface area contributed by atoms with Crippen molar-refractivity contribution in [1.29, 1.82) is 0 Å². The van der Waals surface area contributed by atoms with Crippen molar-refractivity contribution in [3.63, 3.8) is 0 Å². The van der Waals surface area contributed by atoms with Crippen LogP contribution in [0.4, 0.5) is 5.13 Å². The molecule has 2 aromatic heterocycles. The summed E-state index contributed by atoms with van der Waals surface area (Å²) in [7, 11) is 0. The van der Waals surface area contributed by atoms with Crippen LogP contribution in [-0.2, 0) is 11.3 Å². The van der Waals surface area contributed by atoms with Crippen molar-refractivity contribution in [2.45, 2.75) is 13.5 Å². The second-order valence-electron chi connectivity index (χ2n) is 5.99. The second-order valence-corrected chi connectivity index (χ2v) is 7.02. The Labute approximate surface area is 162 Å². The van der Waals surface area contributed by atoms with Crippen LogP contribution < -0.4 is 21.3 Å². The molecule has 9 heteroatoms. The van der Waals surface area contributed by atoms with Gasteiger partial charge in [0.2, 0.25) is 5.91 Å². The highest BCUT2D eigenvalue weighted by atomic mass is 32.1. The van der Waals surface area contributed by atoms with E-state index in [2.05, 4.69) is 15.3 Å². The van der Waals surface area contributed by atoms with Gasteiger partial charge in [-0.3, -0.25) is 19.1 Å². The number of para-hydroxylation sites is 1. The Morgan fingerprint density at radius 2 is 2.07 bits per heavy atom. The highest BCUT2D eigenvalue weighted by molar-refractivity contribution is 7.22. The third kappa shape index (κ3) is 3.39. The molecule has 8 nitrogen and oxygen atoms in total. The smallest absolute Gasteiger partial charge is 0.329 e. The van der Waals surface area contributed by atoms with Crippen LogP contribution in [0.15, 0.2) is 52.1 Å². The molecule has 142 valence electrons. The lowest BCUT2D eigenvalue weighted by atomic mass is 10.2. The summed E-state index contributed by atoms with van der Waals surface area (Å²) in [6, 6.07) is 12.2. The molecule has 0 atom stereocenters. The summed E-state index contributed by atoms with van der Waals surface area (Å²) in [4.78, 5) is 43.2. The van der Waals surface area contributed by atoms with Crippen molar-refractivity contribution in [2.24, 2.45) is 0 Å². The van der Waals surface area contributed by atoms with E-state index in [1.54, 1.807) is 24.3 Å². The average Bonchev–Trinajstić information content (AvgIpc) is 3.07. The van der Waals surface area contributed by atoms with E-state index in [9.17, 15) is 14.4 Å². The van der Waals surface area contributed by atoms with E-state index < -0.39 is 17.2 Å². The lowest BCUT2D eigenvalue weighted by Crippen LogP contribution is -2.33. The first-order valence-corrected chi connectivity index (χ1v) is 9.42. The number of aromatic nitrogens is 3. The van der Waals surface area contributed by atoms with Gasteiger partial charge < -0.3 is 10.1 Å². The van der Waals surface area contributed by atoms with Crippen LogP contribution in [-0.4, -0.2) is 27.0 Å². The van der Waals surface area contributed by atoms with Crippen LogP contribution in [0.1, 0.15) is 6.92 Å². The number of thiazole rings is 1. The van der Waals surface area contributed by atoms with Gasteiger partial charge in [0.25, 0.3) is 5.56 Å². The number of fused-ring (bicyclic) bond motifs is 2. The maximum atomic E-state index is 12.5. The molecule has 0 aliphatic heterocycles. The fraction of sp³-hybridized carbons (Fsp3) is 0.158. The Morgan fingerprint density at radius 3 is 2.89 bits per heavy atom. The highest BCUT2D eigenvalue weighted by Gasteiger charge is 2.13. The number of anilines is 1. The van der Waals surface area contributed by atoms with Crippen molar-refractivity contribution in [3.05, 3.63) is 63.3 Å². The summed E-state index contributed by atoms with van der Waals surface area (Å²) in [6.07, 6.45) is 0. The van der Waals surface area contributed by atoms with Crippen LogP contribution in [0.25, 0.3) is 21.1 Å². The van der Waals surface area contributed by atoms with Gasteiger partial charge in [-0.25, -0.2) is 9.78 Å². The second kappa shape index (κ2) is 7.28. The molecule has 2 N–H and O–H groups in total. The Hall–Kier alpha value is -3.46. The number of carbonyl (C=O) groups excluding carboxylic acids is 1. The van der Waals surface area contributed by atoms with E-state index in [-0.39, 0.29) is 6.54 Å². The molecule has 0 saturated heterocycles. The maximum Gasteiger partial charge on any atom is 0.329 e. The van der Waals surface area contributed by atoms with E-state index >= 15 is 0 Å². The van der Waals surface area contributed by atoms with Crippen LogP contribution in [0.5, 0.6) is 5.75 Å². The van der Waals surface area contributed by atoms with Crippen molar-refractivity contribution < 1.29 is 9.53 Å². The molecule has 2 heterocycles. The molecule has 0 aliphatic rings. The Kier molecular flexibility index (Phi) is 4.66. The number of hydrogen-bond acceptors (Lipinski definition) is 6. The minimum atomic E-state index is -0.635. The fourth-order valence-electron chi connectivity index (χ4n) is 2.92. The summed E-state index contributed by atoms with van der Waals surface area (Å²) >= 11 is 1.32. The molecule has 0 unspecified atom stereocenters. The largest absolute Gasteiger partial charge is 0.494 e. The molecular formula is C19H16N4O4S. The zero-order valence-electron chi connectivity index (χ0n) is 14.9. The number of H-pyrrole nitrogens is 1. The molecule has 0 saturated carbocycles. The van der Waals surface area contributed by atoms with Gasteiger partial charge in [-0.1, -0.05) is 23.5 Å². The number of rotatable bonds is 5.